The number of benzene rings is 2. The molecule has 0 amide bonds. The van der Waals surface area contributed by atoms with Crippen molar-refractivity contribution in [3.63, 3.8) is 0 Å². The van der Waals surface area contributed by atoms with Crippen molar-refractivity contribution < 1.29 is 18.7 Å². The zero-order valence-electron chi connectivity index (χ0n) is 20.9. The van der Waals surface area contributed by atoms with Crippen LogP contribution >= 0.6 is 0 Å². The van der Waals surface area contributed by atoms with Crippen LogP contribution in [0.1, 0.15) is 63.1 Å². The van der Waals surface area contributed by atoms with Crippen molar-refractivity contribution in [2.75, 3.05) is 26.3 Å². The first-order chi connectivity index (χ1) is 17.9. The summed E-state index contributed by atoms with van der Waals surface area (Å²) >= 11 is 0. The van der Waals surface area contributed by atoms with Crippen molar-refractivity contribution in [2.24, 2.45) is 0 Å². The second kappa shape index (κ2) is 10.8. The van der Waals surface area contributed by atoms with Crippen molar-refractivity contribution in [2.45, 2.75) is 32.6 Å². The quantitative estimate of drug-likeness (QED) is 0.398. The highest BCUT2D eigenvalue weighted by Crippen LogP contribution is 2.40. The average molecular weight is 501 g/mol. The Bertz CT molecular complexity index is 1380. The van der Waals surface area contributed by atoms with Gasteiger partial charge in [-0.25, -0.2) is 9.18 Å². The molecule has 190 valence electrons. The Morgan fingerprint density at radius 2 is 1.89 bits per heavy atom. The third-order valence-electron chi connectivity index (χ3n) is 7.16. The normalized spacial score (nSPS) is 15.7. The maximum absolute atomic E-state index is 13.9. The zero-order chi connectivity index (χ0) is 25.9. The molecule has 0 radical (unpaired) electrons. The number of aromatic nitrogens is 1. The Balaban J connectivity index is 1.55. The van der Waals surface area contributed by atoms with E-state index in [0.29, 0.717) is 6.42 Å². The van der Waals surface area contributed by atoms with Gasteiger partial charge >= 0.3 is 5.97 Å². The number of alkyl halides is 1. The summed E-state index contributed by atoms with van der Waals surface area (Å²) in [5, 5.41) is 9.54. The summed E-state index contributed by atoms with van der Waals surface area (Å²) in [6, 6.07) is 15.2. The molecule has 1 N–H and O–H groups in total. The van der Waals surface area contributed by atoms with Crippen LogP contribution in [0.5, 0.6) is 0 Å². The van der Waals surface area contributed by atoms with E-state index in [4.69, 9.17) is 0 Å². The van der Waals surface area contributed by atoms with Gasteiger partial charge < -0.3 is 5.11 Å². The highest BCUT2D eigenvalue weighted by atomic mass is 19.1. The van der Waals surface area contributed by atoms with Crippen LogP contribution in [-0.4, -0.2) is 47.3 Å². The van der Waals surface area contributed by atoms with Gasteiger partial charge in [0.2, 0.25) is 0 Å². The molecule has 0 saturated carbocycles. The monoisotopic (exact) mass is 500 g/mol. The topological polar surface area (TPSA) is 53.4 Å². The lowest BCUT2D eigenvalue weighted by Gasteiger charge is -2.33. The largest absolute Gasteiger partial charge is 0.478 e. The van der Waals surface area contributed by atoms with Crippen LogP contribution in [0.25, 0.3) is 17.2 Å². The number of carbonyl (C=O) groups is 1. The third-order valence-corrected chi connectivity index (χ3v) is 7.16. The van der Waals surface area contributed by atoms with Gasteiger partial charge in [0, 0.05) is 19.6 Å². The van der Waals surface area contributed by atoms with Gasteiger partial charge in [-0.3, -0.25) is 14.3 Å². The SMILES string of the molecule is Cc1cc(F)cnc1C1=C(c2ccc(C=C3CN(CCCF)C3)cc2)c2ccc(C(=O)O)cc2CCC1. The van der Waals surface area contributed by atoms with E-state index >= 15 is 0 Å². The number of halogens is 2. The predicted octanol–water partition coefficient (Wildman–Crippen LogP) is 6.58. The number of hydrogen-bond donors (Lipinski definition) is 1. The third kappa shape index (κ3) is 5.39. The van der Waals surface area contributed by atoms with Gasteiger partial charge in [-0.15, -0.1) is 0 Å². The van der Waals surface area contributed by atoms with Crippen LogP contribution in [0.3, 0.4) is 0 Å². The van der Waals surface area contributed by atoms with Gasteiger partial charge in [-0.1, -0.05) is 36.4 Å². The lowest BCUT2D eigenvalue weighted by Crippen LogP contribution is -2.40. The first kappa shape index (κ1) is 25.0. The molecule has 2 heterocycles. The zero-order valence-corrected chi connectivity index (χ0v) is 20.9. The minimum atomic E-state index is -0.939. The Hall–Kier alpha value is -3.64. The fraction of sp³-hybridized carbons (Fsp3) is 0.290. The van der Waals surface area contributed by atoms with E-state index in [2.05, 4.69) is 40.2 Å². The first-order valence-corrected chi connectivity index (χ1v) is 12.7. The molecule has 1 aliphatic carbocycles. The Labute approximate surface area is 216 Å². The molecular weight excluding hydrogens is 470 g/mol. The molecule has 1 aliphatic heterocycles. The Morgan fingerprint density at radius 3 is 2.59 bits per heavy atom. The molecule has 6 heteroatoms. The molecule has 3 aromatic rings. The van der Waals surface area contributed by atoms with Crippen LogP contribution in [0.4, 0.5) is 8.78 Å². The molecule has 1 saturated heterocycles. The molecule has 5 rings (SSSR count). The summed E-state index contributed by atoms with van der Waals surface area (Å²) < 4.78 is 26.3. The summed E-state index contributed by atoms with van der Waals surface area (Å²) in [6.07, 6.45) is 6.39. The number of allylic oxidation sites excluding steroid dienone is 1. The molecule has 0 spiro atoms. The predicted molar refractivity (Wildman–Crippen MR) is 143 cm³/mol. The number of aromatic carboxylic acids is 1. The second-order valence-electron chi connectivity index (χ2n) is 9.88. The van der Waals surface area contributed by atoms with E-state index in [0.717, 1.165) is 83.6 Å². The molecule has 2 aliphatic rings. The molecular formula is C31H30F2N2O2. The summed E-state index contributed by atoms with van der Waals surface area (Å²) in [5.41, 5.74) is 9.36. The summed E-state index contributed by atoms with van der Waals surface area (Å²) in [6.45, 7) is 4.16. The van der Waals surface area contributed by atoms with Crippen LogP contribution < -0.4 is 0 Å². The molecule has 0 atom stereocenters. The fourth-order valence-electron chi connectivity index (χ4n) is 5.39. The van der Waals surface area contributed by atoms with E-state index in [1.807, 2.05) is 13.0 Å². The molecule has 0 bridgehead atoms. The second-order valence-corrected chi connectivity index (χ2v) is 9.88. The summed E-state index contributed by atoms with van der Waals surface area (Å²) in [7, 11) is 0. The van der Waals surface area contributed by atoms with Crippen LogP contribution in [0, 0.1) is 12.7 Å². The number of likely N-dealkylation sites (tertiary alicyclic amines) is 1. The minimum Gasteiger partial charge on any atom is -0.478 e. The highest BCUT2D eigenvalue weighted by molar-refractivity contribution is 6.00. The molecule has 4 nitrogen and oxygen atoms in total. The number of carboxylic acid groups (broad SMARTS) is 1. The minimum absolute atomic E-state index is 0.275. The van der Waals surface area contributed by atoms with E-state index in [9.17, 15) is 18.7 Å². The molecule has 37 heavy (non-hydrogen) atoms. The standard InChI is InChI=1S/C31H30F2N2O2/c1-20-14-26(33)17-34-30(20)28-5-2-4-24-16-25(31(36)37)10-11-27(24)29(28)23-8-6-21(7-9-23)15-22-18-35(19-22)13-3-12-32/h6-11,14-17H,2-5,12-13,18-19H2,1H3,(H,36,37). The van der Waals surface area contributed by atoms with Crippen molar-refractivity contribution >= 4 is 23.2 Å². The van der Waals surface area contributed by atoms with Crippen molar-refractivity contribution in [3.05, 3.63) is 105 Å². The van der Waals surface area contributed by atoms with Gasteiger partial charge in [0.25, 0.3) is 0 Å². The van der Waals surface area contributed by atoms with Gasteiger partial charge in [0.15, 0.2) is 0 Å². The lowest BCUT2D eigenvalue weighted by atomic mass is 9.87. The summed E-state index contributed by atoms with van der Waals surface area (Å²) in [4.78, 5) is 18.3. The van der Waals surface area contributed by atoms with Crippen molar-refractivity contribution in [1.82, 2.24) is 9.88 Å². The van der Waals surface area contributed by atoms with Gasteiger partial charge in [-0.05, 0) is 95.3 Å². The number of rotatable bonds is 7. The number of carboxylic acids is 1. The molecule has 1 aromatic heterocycles. The summed E-state index contributed by atoms with van der Waals surface area (Å²) in [5.74, 6) is -1.30. The fourth-order valence-corrected chi connectivity index (χ4v) is 5.39. The Kier molecular flexibility index (Phi) is 7.28. The smallest absolute Gasteiger partial charge is 0.335 e. The molecule has 2 aromatic carbocycles. The number of nitrogens with zero attached hydrogens (tertiary/aromatic N) is 2. The van der Waals surface area contributed by atoms with Gasteiger partial charge in [0.05, 0.1) is 24.1 Å². The van der Waals surface area contributed by atoms with Crippen molar-refractivity contribution in [1.29, 1.82) is 0 Å². The van der Waals surface area contributed by atoms with Crippen LogP contribution in [0.15, 0.2) is 60.3 Å². The molecule has 0 unspecified atom stereocenters. The maximum Gasteiger partial charge on any atom is 0.335 e. The van der Waals surface area contributed by atoms with E-state index in [1.165, 1.54) is 17.8 Å². The number of pyridine rings is 1. The number of aryl methyl sites for hydroxylation is 2. The van der Waals surface area contributed by atoms with E-state index in [-0.39, 0.29) is 18.1 Å². The van der Waals surface area contributed by atoms with Gasteiger partial charge in [0.1, 0.15) is 5.82 Å². The van der Waals surface area contributed by atoms with Crippen LogP contribution in [0.2, 0.25) is 0 Å². The average Bonchev–Trinajstić information content (AvgIpc) is 3.04. The van der Waals surface area contributed by atoms with E-state index in [1.54, 1.807) is 12.1 Å². The maximum atomic E-state index is 13.9. The number of fused-ring (bicyclic) bond motifs is 1. The molecule has 1 fully saturated rings. The Morgan fingerprint density at radius 1 is 1.11 bits per heavy atom. The van der Waals surface area contributed by atoms with E-state index < -0.39 is 5.97 Å². The lowest BCUT2D eigenvalue weighted by molar-refractivity contribution is 0.0696. The number of hydrogen-bond acceptors (Lipinski definition) is 3. The first-order valence-electron chi connectivity index (χ1n) is 12.7. The van der Waals surface area contributed by atoms with Crippen LogP contribution in [-0.2, 0) is 6.42 Å². The van der Waals surface area contributed by atoms with Crippen molar-refractivity contribution in [3.8, 4) is 0 Å². The highest BCUT2D eigenvalue weighted by Gasteiger charge is 2.23. The van der Waals surface area contributed by atoms with Gasteiger partial charge in [-0.2, -0.15) is 0 Å².